The summed E-state index contributed by atoms with van der Waals surface area (Å²) in [6.07, 6.45) is 4.10. The molecule has 0 amide bonds. The minimum absolute atomic E-state index is 0.766. The number of hydrogen-bond donors (Lipinski definition) is 0. The summed E-state index contributed by atoms with van der Waals surface area (Å²) in [5.74, 6) is 1.12. The summed E-state index contributed by atoms with van der Waals surface area (Å²) in [4.78, 5) is 6.92. The first-order valence-electron chi connectivity index (χ1n) is 6.04. The van der Waals surface area contributed by atoms with E-state index in [2.05, 4.69) is 9.89 Å². The van der Waals surface area contributed by atoms with Crippen molar-refractivity contribution < 1.29 is 0 Å². The second-order valence-corrected chi connectivity index (χ2v) is 5.03. The summed E-state index contributed by atoms with van der Waals surface area (Å²) in [6, 6.07) is 5.92. The maximum absolute atomic E-state index is 6.11. The fraction of sp³-hybridized carbons (Fsp3) is 0.357. The molecule has 2 nitrogen and oxygen atoms in total. The second kappa shape index (κ2) is 6.26. The van der Waals surface area contributed by atoms with Crippen molar-refractivity contribution >= 4 is 34.7 Å². The predicted octanol–water partition coefficient (Wildman–Crippen LogP) is 4.53. The smallest absolute Gasteiger partial charge is 0.105 e. The van der Waals surface area contributed by atoms with Crippen molar-refractivity contribution in [3.8, 4) is 0 Å². The lowest BCUT2D eigenvalue weighted by molar-refractivity contribution is 0.502. The van der Waals surface area contributed by atoms with Gasteiger partial charge in [0, 0.05) is 30.1 Å². The predicted molar refractivity (Wildman–Crippen MR) is 79.1 cm³/mol. The molecule has 1 saturated heterocycles. The molecule has 0 saturated carbocycles. The first-order valence-corrected chi connectivity index (χ1v) is 6.86. The molecule has 96 valence electrons. The van der Waals surface area contributed by atoms with Gasteiger partial charge in [0.2, 0.25) is 0 Å². The summed E-state index contributed by atoms with van der Waals surface area (Å²) < 4.78 is 0. The molecular formula is C14H16Cl2N2. The molecule has 0 aliphatic carbocycles. The zero-order valence-corrected chi connectivity index (χ0v) is 11.9. The van der Waals surface area contributed by atoms with Crippen LogP contribution >= 0.6 is 23.2 Å². The molecular weight excluding hydrogens is 267 g/mol. The van der Waals surface area contributed by atoms with Gasteiger partial charge in [0.05, 0.1) is 5.69 Å². The lowest BCUT2D eigenvalue weighted by Gasteiger charge is -2.16. The van der Waals surface area contributed by atoms with E-state index < -0.39 is 0 Å². The first-order chi connectivity index (χ1) is 8.70. The van der Waals surface area contributed by atoms with Gasteiger partial charge < -0.3 is 4.90 Å². The number of nitrogens with zero attached hydrogens (tertiary/aromatic N) is 2. The SMILES string of the molecule is Cc1ccc(N=C2CCCN2C/C=C/Cl)cc1Cl. The Morgan fingerprint density at radius 2 is 2.28 bits per heavy atom. The topological polar surface area (TPSA) is 15.6 Å². The Labute approximate surface area is 118 Å². The average Bonchev–Trinajstić information content (AvgIpc) is 2.79. The van der Waals surface area contributed by atoms with Gasteiger partial charge >= 0.3 is 0 Å². The van der Waals surface area contributed by atoms with Gasteiger partial charge in [-0.1, -0.05) is 35.3 Å². The van der Waals surface area contributed by atoms with Crippen molar-refractivity contribution in [2.24, 2.45) is 4.99 Å². The number of rotatable bonds is 3. The maximum atomic E-state index is 6.11. The highest BCUT2D eigenvalue weighted by atomic mass is 35.5. The van der Waals surface area contributed by atoms with Gasteiger partial charge in [-0.15, -0.1) is 0 Å². The molecule has 1 aromatic rings. The number of halogens is 2. The largest absolute Gasteiger partial charge is 0.356 e. The van der Waals surface area contributed by atoms with Gasteiger partial charge in [-0.25, -0.2) is 4.99 Å². The molecule has 1 fully saturated rings. The fourth-order valence-electron chi connectivity index (χ4n) is 2.01. The van der Waals surface area contributed by atoms with Crippen LogP contribution in [0.5, 0.6) is 0 Å². The second-order valence-electron chi connectivity index (χ2n) is 4.37. The van der Waals surface area contributed by atoms with Gasteiger partial charge in [0.25, 0.3) is 0 Å². The van der Waals surface area contributed by atoms with E-state index in [-0.39, 0.29) is 0 Å². The Morgan fingerprint density at radius 1 is 1.44 bits per heavy atom. The lowest BCUT2D eigenvalue weighted by atomic mass is 10.2. The van der Waals surface area contributed by atoms with Crippen LogP contribution in [0.15, 0.2) is 34.8 Å². The zero-order valence-electron chi connectivity index (χ0n) is 10.4. The Morgan fingerprint density at radius 3 is 3.00 bits per heavy atom. The van der Waals surface area contributed by atoms with Gasteiger partial charge in [-0.2, -0.15) is 0 Å². The highest BCUT2D eigenvalue weighted by Gasteiger charge is 2.17. The number of benzene rings is 1. The van der Waals surface area contributed by atoms with Crippen molar-refractivity contribution in [1.82, 2.24) is 4.90 Å². The third-order valence-corrected chi connectivity index (χ3v) is 3.61. The molecule has 1 heterocycles. The van der Waals surface area contributed by atoms with Crippen LogP contribution in [0.2, 0.25) is 5.02 Å². The summed E-state index contributed by atoms with van der Waals surface area (Å²) in [5, 5.41) is 0.766. The number of amidine groups is 1. The van der Waals surface area contributed by atoms with Crippen molar-refractivity contribution in [3.05, 3.63) is 40.4 Å². The molecule has 0 unspecified atom stereocenters. The molecule has 1 aromatic carbocycles. The van der Waals surface area contributed by atoms with E-state index in [0.29, 0.717) is 0 Å². The van der Waals surface area contributed by atoms with Crippen LogP contribution in [-0.2, 0) is 0 Å². The Balaban J connectivity index is 2.18. The minimum atomic E-state index is 0.766. The van der Waals surface area contributed by atoms with E-state index in [1.807, 2.05) is 31.2 Å². The van der Waals surface area contributed by atoms with Crippen molar-refractivity contribution in [3.63, 3.8) is 0 Å². The van der Waals surface area contributed by atoms with E-state index in [0.717, 1.165) is 48.0 Å². The summed E-state index contributed by atoms with van der Waals surface area (Å²) in [7, 11) is 0. The molecule has 0 aromatic heterocycles. The number of aryl methyl sites for hydroxylation is 1. The normalized spacial score (nSPS) is 18.2. The van der Waals surface area contributed by atoms with Crippen molar-refractivity contribution in [2.75, 3.05) is 13.1 Å². The van der Waals surface area contributed by atoms with Crippen LogP contribution in [0.25, 0.3) is 0 Å². The zero-order chi connectivity index (χ0) is 13.0. The van der Waals surface area contributed by atoms with Crippen molar-refractivity contribution in [1.29, 1.82) is 0 Å². The number of hydrogen-bond acceptors (Lipinski definition) is 1. The molecule has 0 N–H and O–H groups in total. The van der Waals surface area contributed by atoms with Crippen LogP contribution in [0.4, 0.5) is 5.69 Å². The van der Waals surface area contributed by atoms with Crippen LogP contribution in [0.1, 0.15) is 18.4 Å². The van der Waals surface area contributed by atoms with Crippen LogP contribution in [0, 0.1) is 6.92 Å². The van der Waals surface area contributed by atoms with E-state index in [1.165, 1.54) is 0 Å². The summed E-state index contributed by atoms with van der Waals surface area (Å²) >= 11 is 11.7. The summed E-state index contributed by atoms with van der Waals surface area (Å²) in [6.45, 7) is 3.86. The molecule has 0 bridgehead atoms. The van der Waals surface area contributed by atoms with Crippen molar-refractivity contribution in [2.45, 2.75) is 19.8 Å². The molecule has 2 rings (SSSR count). The van der Waals surface area contributed by atoms with Crippen LogP contribution in [0.3, 0.4) is 0 Å². The van der Waals surface area contributed by atoms with E-state index >= 15 is 0 Å². The Hall–Kier alpha value is -0.990. The molecule has 1 aliphatic rings. The van der Waals surface area contributed by atoms with Gasteiger partial charge in [0.1, 0.15) is 5.84 Å². The molecule has 0 spiro atoms. The molecule has 18 heavy (non-hydrogen) atoms. The minimum Gasteiger partial charge on any atom is -0.356 e. The monoisotopic (exact) mass is 282 g/mol. The van der Waals surface area contributed by atoms with Gasteiger partial charge in [-0.05, 0) is 31.0 Å². The lowest BCUT2D eigenvalue weighted by Crippen LogP contribution is -2.24. The van der Waals surface area contributed by atoms with E-state index in [4.69, 9.17) is 23.2 Å². The van der Waals surface area contributed by atoms with Crippen LogP contribution in [-0.4, -0.2) is 23.8 Å². The number of aliphatic imine (C=N–C) groups is 1. The van der Waals surface area contributed by atoms with E-state index in [9.17, 15) is 0 Å². The Bertz CT molecular complexity index is 481. The van der Waals surface area contributed by atoms with E-state index in [1.54, 1.807) is 5.54 Å². The summed E-state index contributed by atoms with van der Waals surface area (Å²) in [5.41, 5.74) is 3.55. The molecule has 4 heteroatoms. The average molecular weight is 283 g/mol. The maximum Gasteiger partial charge on any atom is 0.105 e. The van der Waals surface area contributed by atoms with Crippen LogP contribution < -0.4 is 0 Å². The molecule has 0 radical (unpaired) electrons. The first kappa shape index (κ1) is 13.4. The molecule has 0 atom stereocenters. The molecule has 1 aliphatic heterocycles. The number of likely N-dealkylation sites (tertiary alicyclic amines) is 1. The highest BCUT2D eigenvalue weighted by Crippen LogP contribution is 2.24. The fourth-order valence-corrected chi connectivity index (χ4v) is 2.26. The standard InChI is InChI=1S/C14H16Cl2N2/c1-11-5-6-12(10-13(11)16)17-14-4-2-8-18(14)9-3-7-15/h3,5-7,10H,2,4,8-9H2,1H3/b7-3+,17-14?. The Kier molecular flexibility index (Phi) is 4.67. The third-order valence-electron chi connectivity index (χ3n) is 3.02. The van der Waals surface area contributed by atoms with Gasteiger partial charge in [-0.3, -0.25) is 0 Å². The third kappa shape index (κ3) is 3.27. The quantitative estimate of drug-likeness (QED) is 0.796. The van der Waals surface area contributed by atoms with Gasteiger partial charge in [0.15, 0.2) is 0 Å². The highest BCUT2D eigenvalue weighted by molar-refractivity contribution is 6.31.